The van der Waals surface area contributed by atoms with Crippen molar-refractivity contribution in [3.05, 3.63) is 61.5 Å². The Labute approximate surface area is 169 Å². The molecule has 0 spiro atoms. The average molecular weight is 404 g/mol. The second-order valence-electron chi connectivity index (χ2n) is 6.78. The number of aryl methyl sites for hydroxylation is 2. The van der Waals surface area contributed by atoms with Crippen LogP contribution in [0.4, 0.5) is 0 Å². The first kappa shape index (κ1) is 20.1. The number of aromatic nitrogens is 2. The van der Waals surface area contributed by atoms with Crippen LogP contribution in [0.3, 0.4) is 0 Å². The van der Waals surface area contributed by atoms with Crippen LogP contribution in [0, 0.1) is 13.8 Å². The van der Waals surface area contributed by atoms with Crippen LogP contribution >= 0.6 is 22.9 Å². The van der Waals surface area contributed by atoms with Crippen LogP contribution in [0.2, 0.25) is 5.02 Å². The molecule has 27 heavy (non-hydrogen) atoms. The highest BCUT2D eigenvalue weighted by atomic mass is 35.5. The zero-order valence-electron chi connectivity index (χ0n) is 16.4. The maximum atomic E-state index is 13.3. The Kier molecular flexibility index (Phi) is 6.35. The van der Waals surface area contributed by atoms with Gasteiger partial charge in [-0.15, -0.1) is 11.3 Å². The molecule has 0 amide bonds. The summed E-state index contributed by atoms with van der Waals surface area (Å²) in [4.78, 5) is 22.5. The lowest BCUT2D eigenvalue weighted by atomic mass is 10.1. The van der Waals surface area contributed by atoms with Crippen molar-refractivity contribution in [3.8, 4) is 0 Å². The van der Waals surface area contributed by atoms with E-state index in [2.05, 4.69) is 25.7 Å². The molecule has 0 aliphatic rings. The number of halogens is 1. The molecule has 0 radical (unpaired) electrons. The molecule has 0 aliphatic heterocycles. The van der Waals surface area contributed by atoms with Gasteiger partial charge in [-0.1, -0.05) is 37.6 Å². The largest absolute Gasteiger partial charge is 0.302 e. The lowest BCUT2D eigenvalue weighted by molar-refractivity contribution is 0.287. The second kappa shape index (κ2) is 8.55. The van der Waals surface area contributed by atoms with Gasteiger partial charge in [0, 0.05) is 29.4 Å². The number of fused-ring (bicyclic) bond motifs is 1. The molecule has 3 aromatic rings. The van der Waals surface area contributed by atoms with Crippen LogP contribution in [0.25, 0.3) is 10.2 Å². The predicted octanol–water partition coefficient (Wildman–Crippen LogP) is 4.66. The average Bonchev–Trinajstić information content (AvgIpc) is 2.92. The quantitative estimate of drug-likeness (QED) is 0.575. The fourth-order valence-electron chi connectivity index (χ4n) is 3.35. The molecule has 6 heteroatoms. The third kappa shape index (κ3) is 4.26. The molecule has 0 N–H and O–H groups in total. The SMILES string of the molecule is CCN(CC)CCn1c(Cc2cccc(Cl)c2)nc2sc(C)c(C)c2c1=O. The molecule has 0 fully saturated rings. The van der Waals surface area contributed by atoms with E-state index in [1.165, 1.54) is 0 Å². The molecular weight excluding hydrogens is 378 g/mol. The summed E-state index contributed by atoms with van der Waals surface area (Å²) in [5.74, 6) is 0.808. The van der Waals surface area contributed by atoms with Crippen molar-refractivity contribution in [2.75, 3.05) is 19.6 Å². The van der Waals surface area contributed by atoms with E-state index < -0.39 is 0 Å². The van der Waals surface area contributed by atoms with Crippen molar-refractivity contribution in [1.82, 2.24) is 14.5 Å². The molecule has 2 aromatic heterocycles. The topological polar surface area (TPSA) is 38.1 Å². The van der Waals surface area contributed by atoms with Crippen molar-refractivity contribution in [3.63, 3.8) is 0 Å². The van der Waals surface area contributed by atoms with Crippen LogP contribution in [-0.2, 0) is 13.0 Å². The van der Waals surface area contributed by atoms with E-state index in [0.717, 1.165) is 51.7 Å². The molecule has 0 saturated carbocycles. The summed E-state index contributed by atoms with van der Waals surface area (Å²) < 4.78 is 1.86. The van der Waals surface area contributed by atoms with Gasteiger partial charge in [-0.3, -0.25) is 9.36 Å². The molecule has 0 aliphatic carbocycles. The first-order valence-corrected chi connectivity index (χ1v) is 10.6. The van der Waals surface area contributed by atoms with Crippen LogP contribution in [-0.4, -0.2) is 34.1 Å². The lowest BCUT2D eigenvalue weighted by Gasteiger charge is -2.20. The van der Waals surface area contributed by atoms with Crippen molar-refractivity contribution in [2.45, 2.75) is 40.7 Å². The summed E-state index contributed by atoms with van der Waals surface area (Å²) in [6.45, 7) is 11.8. The monoisotopic (exact) mass is 403 g/mol. The van der Waals surface area contributed by atoms with E-state index in [1.54, 1.807) is 11.3 Å². The number of thiophene rings is 1. The van der Waals surface area contributed by atoms with Gasteiger partial charge in [-0.05, 0) is 50.2 Å². The maximum Gasteiger partial charge on any atom is 0.262 e. The van der Waals surface area contributed by atoms with Gasteiger partial charge in [-0.25, -0.2) is 4.98 Å². The molecule has 3 rings (SSSR count). The third-order valence-electron chi connectivity index (χ3n) is 5.15. The van der Waals surface area contributed by atoms with Crippen molar-refractivity contribution >= 4 is 33.2 Å². The van der Waals surface area contributed by atoms with Gasteiger partial charge in [0.15, 0.2) is 0 Å². The van der Waals surface area contributed by atoms with E-state index in [4.69, 9.17) is 16.6 Å². The minimum absolute atomic E-state index is 0.0750. The maximum absolute atomic E-state index is 13.3. The summed E-state index contributed by atoms with van der Waals surface area (Å²) in [5, 5.41) is 1.47. The van der Waals surface area contributed by atoms with E-state index in [0.29, 0.717) is 18.0 Å². The number of rotatable bonds is 7. The van der Waals surface area contributed by atoms with Gasteiger partial charge in [0.05, 0.1) is 5.39 Å². The summed E-state index contributed by atoms with van der Waals surface area (Å²) >= 11 is 7.75. The van der Waals surface area contributed by atoms with Gasteiger partial charge in [0.2, 0.25) is 0 Å². The number of benzene rings is 1. The van der Waals surface area contributed by atoms with Crippen molar-refractivity contribution < 1.29 is 0 Å². The number of nitrogens with zero attached hydrogens (tertiary/aromatic N) is 3. The molecule has 1 aromatic carbocycles. The third-order valence-corrected chi connectivity index (χ3v) is 6.49. The van der Waals surface area contributed by atoms with Gasteiger partial charge < -0.3 is 4.90 Å². The highest BCUT2D eigenvalue weighted by Crippen LogP contribution is 2.27. The zero-order chi connectivity index (χ0) is 19.6. The minimum atomic E-state index is 0.0750. The minimum Gasteiger partial charge on any atom is -0.302 e. The van der Waals surface area contributed by atoms with Crippen LogP contribution in [0.1, 0.15) is 35.7 Å². The zero-order valence-corrected chi connectivity index (χ0v) is 18.0. The van der Waals surface area contributed by atoms with Gasteiger partial charge in [0.1, 0.15) is 10.7 Å². The number of hydrogen-bond donors (Lipinski definition) is 0. The Balaban J connectivity index is 2.08. The van der Waals surface area contributed by atoms with Crippen LogP contribution < -0.4 is 5.56 Å². The van der Waals surface area contributed by atoms with E-state index in [9.17, 15) is 4.79 Å². The van der Waals surface area contributed by atoms with E-state index in [-0.39, 0.29) is 5.56 Å². The molecule has 4 nitrogen and oxygen atoms in total. The smallest absolute Gasteiger partial charge is 0.262 e. The van der Waals surface area contributed by atoms with Gasteiger partial charge in [-0.2, -0.15) is 0 Å². The van der Waals surface area contributed by atoms with E-state index in [1.807, 2.05) is 35.8 Å². The fraction of sp³-hybridized carbons (Fsp3) is 0.429. The molecule has 2 heterocycles. The summed E-state index contributed by atoms with van der Waals surface area (Å²) in [6.07, 6.45) is 0.597. The molecule has 0 saturated heterocycles. The Bertz CT molecular complexity index is 1000. The second-order valence-corrected chi connectivity index (χ2v) is 8.42. The van der Waals surface area contributed by atoms with E-state index >= 15 is 0 Å². The lowest BCUT2D eigenvalue weighted by Crippen LogP contribution is -2.33. The van der Waals surface area contributed by atoms with Crippen molar-refractivity contribution in [1.29, 1.82) is 0 Å². The van der Waals surface area contributed by atoms with Gasteiger partial charge >= 0.3 is 0 Å². The molecule has 144 valence electrons. The first-order chi connectivity index (χ1) is 12.9. The van der Waals surface area contributed by atoms with Crippen LogP contribution in [0.15, 0.2) is 29.1 Å². The Morgan fingerprint density at radius 1 is 1.22 bits per heavy atom. The number of likely N-dealkylation sites (N-methyl/N-ethyl adjacent to an activating group) is 1. The van der Waals surface area contributed by atoms with Gasteiger partial charge in [0.25, 0.3) is 5.56 Å². The molecule has 0 bridgehead atoms. The molecule has 0 unspecified atom stereocenters. The molecule has 0 atom stereocenters. The fourth-order valence-corrected chi connectivity index (χ4v) is 4.60. The highest BCUT2D eigenvalue weighted by Gasteiger charge is 2.17. The Morgan fingerprint density at radius 3 is 2.63 bits per heavy atom. The predicted molar refractivity (Wildman–Crippen MR) is 115 cm³/mol. The first-order valence-electron chi connectivity index (χ1n) is 9.40. The Hall–Kier alpha value is -1.69. The summed E-state index contributed by atoms with van der Waals surface area (Å²) in [5.41, 5.74) is 2.19. The normalized spacial score (nSPS) is 11.6. The Morgan fingerprint density at radius 2 is 1.96 bits per heavy atom. The number of hydrogen-bond acceptors (Lipinski definition) is 4. The summed E-state index contributed by atoms with van der Waals surface area (Å²) in [6, 6.07) is 7.77. The molecular formula is C21H26ClN3OS. The highest BCUT2D eigenvalue weighted by molar-refractivity contribution is 7.18. The standard InChI is InChI=1S/C21H26ClN3OS/c1-5-24(6-2)10-11-25-18(13-16-8-7-9-17(22)12-16)23-20-19(21(25)26)14(3)15(4)27-20/h7-9,12H,5-6,10-11,13H2,1-4H3. The van der Waals surface area contributed by atoms with Crippen LogP contribution in [0.5, 0.6) is 0 Å². The van der Waals surface area contributed by atoms with Crippen molar-refractivity contribution in [2.24, 2.45) is 0 Å². The summed E-state index contributed by atoms with van der Waals surface area (Å²) in [7, 11) is 0.